The monoisotopic (exact) mass is 381 g/mol. The maximum absolute atomic E-state index is 9.66. The molecule has 4 rings (SSSR count). The smallest absolute Gasteiger partial charge is 0.166 e. The molecule has 8 nitrogen and oxygen atoms in total. The molecule has 1 saturated heterocycles. The van der Waals surface area contributed by atoms with Crippen molar-refractivity contribution in [1.82, 2.24) is 29.4 Å². The number of hydrogen-bond donors (Lipinski definition) is 2. The highest BCUT2D eigenvalue weighted by Gasteiger charge is 2.18. The fourth-order valence-corrected chi connectivity index (χ4v) is 3.52. The number of nitrogens with zero attached hydrogens (tertiary/aromatic N) is 6. The lowest BCUT2D eigenvalue weighted by molar-refractivity contribution is 0.0845. The summed E-state index contributed by atoms with van der Waals surface area (Å²) < 4.78 is 2.06. The minimum absolute atomic E-state index is 0.146. The van der Waals surface area contributed by atoms with E-state index in [1.54, 1.807) is 12.4 Å². The number of hydrogen-bond acceptors (Lipinski definition) is 7. The maximum atomic E-state index is 9.66. The molecule has 0 bridgehead atoms. The van der Waals surface area contributed by atoms with Gasteiger partial charge in [0.25, 0.3) is 0 Å². The second-order valence-electron chi connectivity index (χ2n) is 7.55. The van der Waals surface area contributed by atoms with E-state index in [4.69, 9.17) is 9.97 Å². The topological polar surface area (TPSA) is 92.0 Å². The molecular weight excluding hydrogens is 354 g/mol. The lowest BCUT2D eigenvalue weighted by atomic mass is 10.1. The molecule has 0 aromatic carbocycles. The van der Waals surface area contributed by atoms with E-state index in [0.717, 1.165) is 61.6 Å². The number of pyridine rings is 1. The number of piperidine rings is 1. The third-order valence-corrected chi connectivity index (χ3v) is 5.18. The summed E-state index contributed by atoms with van der Waals surface area (Å²) in [5.74, 6) is 1.40. The first-order valence-electron chi connectivity index (χ1n) is 9.91. The normalized spacial score (nSPS) is 16.1. The van der Waals surface area contributed by atoms with Crippen LogP contribution in [-0.2, 0) is 0 Å². The van der Waals surface area contributed by atoms with Crippen molar-refractivity contribution in [3.63, 3.8) is 0 Å². The summed E-state index contributed by atoms with van der Waals surface area (Å²) in [5.41, 5.74) is 2.50. The van der Waals surface area contributed by atoms with Crippen molar-refractivity contribution in [1.29, 1.82) is 0 Å². The largest absolute Gasteiger partial charge is 0.393 e. The van der Waals surface area contributed by atoms with Crippen LogP contribution >= 0.6 is 0 Å². The predicted octanol–water partition coefficient (Wildman–Crippen LogP) is 2.34. The number of aliphatic hydroxyl groups excluding tert-OH is 1. The van der Waals surface area contributed by atoms with Gasteiger partial charge in [-0.1, -0.05) is 0 Å². The van der Waals surface area contributed by atoms with Crippen LogP contribution in [0.4, 0.5) is 5.82 Å². The molecule has 3 aromatic rings. The highest BCUT2D eigenvalue weighted by molar-refractivity contribution is 5.85. The Morgan fingerprint density at radius 1 is 1.25 bits per heavy atom. The second kappa shape index (κ2) is 8.20. The molecule has 4 heterocycles. The van der Waals surface area contributed by atoms with E-state index in [-0.39, 0.29) is 12.1 Å². The fraction of sp³-hybridized carbons (Fsp3) is 0.500. The number of nitrogens with one attached hydrogen (secondary N) is 1. The summed E-state index contributed by atoms with van der Waals surface area (Å²) in [6, 6.07) is 4.11. The molecule has 0 radical (unpaired) electrons. The average molecular weight is 381 g/mol. The van der Waals surface area contributed by atoms with Crippen LogP contribution in [0.2, 0.25) is 0 Å². The van der Waals surface area contributed by atoms with Gasteiger partial charge >= 0.3 is 0 Å². The minimum Gasteiger partial charge on any atom is -0.393 e. The molecule has 1 aliphatic heterocycles. The van der Waals surface area contributed by atoms with Gasteiger partial charge in [0.2, 0.25) is 0 Å². The summed E-state index contributed by atoms with van der Waals surface area (Å²) in [6.45, 7) is 7.78. The van der Waals surface area contributed by atoms with E-state index in [0.29, 0.717) is 5.82 Å². The van der Waals surface area contributed by atoms with E-state index in [9.17, 15) is 5.11 Å². The molecule has 0 aliphatic carbocycles. The van der Waals surface area contributed by atoms with Crippen molar-refractivity contribution in [2.75, 3.05) is 31.5 Å². The summed E-state index contributed by atoms with van der Waals surface area (Å²) in [4.78, 5) is 20.6. The quantitative estimate of drug-likeness (QED) is 0.677. The molecular formula is C20H27N7O. The Labute approximate surface area is 164 Å². The van der Waals surface area contributed by atoms with Crippen LogP contribution in [0.15, 0.2) is 30.9 Å². The molecule has 0 spiro atoms. The van der Waals surface area contributed by atoms with Crippen molar-refractivity contribution in [3.05, 3.63) is 30.9 Å². The summed E-state index contributed by atoms with van der Waals surface area (Å²) in [6.07, 6.45) is 6.90. The molecule has 0 saturated carbocycles. The zero-order valence-corrected chi connectivity index (χ0v) is 16.4. The van der Waals surface area contributed by atoms with Crippen LogP contribution in [0.5, 0.6) is 0 Å². The van der Waals surface area contributed by atoms with Crippen LogP contribution in [0.25, 0.3) is 22.6 Å². The van der Waals surface area contributed by atoms with E-state index in [1.165, 1.54) is 0 Å². The first kappa shape index (κ1) is 18.8. The lowest BCUT2D eigenvalue weighted by Gasteiger charge is -2.29. The van der Waals surface area contributed by atoms with Gasteiger partial charge in [0.15, 0.2) is 17.3 Å². The highest BCUT2D eigenvalue weighted by atomic mass is 16.3. The molecule has 3 aromatic heterocycles. The van der Waals surface area contributed by atoms with Crippen LogP contribution in [0, 0.1) is 0 Å². The Morgan fingerprint density at radius 2 is 2.07 bits per heavy atom. The number of likely N-dealkylation sites (tertiary alicyclic amines) is 1. The Kier molecular flexibility index (Phi) is 5.50. The minimum atomic E-state index is -0.146. The van der Waals surface area contributed by atoms with Gasteiger partial charge in [-0.3, -0.25) is 4.98 Å². The van der Waals surface area contributed by atoms with Gasteiger partial charge in [-0.05, 0) is 38.8 Å². The van der Waals surface area contributed by atoms with Gasteiger partial charge in [-0.2, -0.15) is 0 Å². The molecule has 148 valence electrons. The van der Waals surface area contributed by atoms with Crippen LogP contribution < -0.4 is 5.32 Å². The van der Waals surface area contributed by atoms with Crippen molar-refractivity contribution < 1.29 is 5.11 Å². The Balaban J connectivity index is 1.59. The molecule has 1 fully saturated rings. The lowest BCUT2D eigenvalue weighted by Crippen LogP contribution is -2.38. The molecule has 0 atom stereocenters. The number of fused-ring (bicyclic) bond motifs is 1. The maximum Gasteiger partial charge on any atom is 0.166 e. The molecule has 0 unspecified atom stereocenters. The van der Waals surface area contributed by atoms with Crippen molar-refractivity contribution >= 4 is 17.0 Å². The van der Waals surface area contributed by atoms with Gasteiger partial charge in [-0.25, -0.2) is 15.0 Å². The summed E-state index contributed by atoms with van der Waals surface area (Å²) in [5, 5.41) is 13.1. The van der Waals surface area contributed by atoms with Crippen molar-refractivity contribution in [2.24, 2.45) is 0 Å². The highest BCUT2D eigenvalue weighted by Crippen LogP contribution is 2.25. The van der Waals surface area contributed by atoms with E-state index in [1.807, 2.05) is 18.5 Å². The van der Waals surface area contributed by atoms with Gasteiger partial charge in [0, 0.05) is 50.2 Å². The fourth-order valence-electron chi connectivity index (χ4n) is 3.52. The zero-order chi connectivity index (χ0) is 19.5. The van der Waals surface area contributed by atoms with Gasteiger partial charge in [-0.15, -0.1) is 0 Å². The molecule has 28 heavy (non-hydrogen) atoms. The van der Waals surface area contributed by atoms with Gasteiger partial charge in [0.1, 0.15) is 5.52 Å². The van der Waals surface area contributed by atoms with Gasteiger partial charge in [0.05, 0.1) is 12.4 Å². The Hall–Kier alpha value is -2.58. The molecule has 8 heteroatoms. The summed E-state index contributed by atoms with van der Waals surface area (Å²) >= 11 is 0. The number of aliphatic hydroxyl groups is 1. The standard InChI is InChI=1S/C20H27N7O/c1-14(2)27-13-23-17-19(22-8-11-26-9-5-16(28)6-10-26)24-18(25-20(17)27)15-4-3-7-21-12-15/h3-4,7,12-14,16,28H,5-6,8-11H2,1-2H3,(H,22,24,25). The number of imidazole rings is 1. The van der Waals surface area contributed by atoms with Crippen LogP contribution in [0.1, 0.15) is 32.7 Å². The van der Waals surface area contributed by atoms with Gasteiger partial charge < -0.3 is 19.9 Å². The molecule has 1 aliphatic rings. The predicted molar refractivity (Wildman–Crippen MR) is 109 cm³/mol. The SMILES string of the molecule is CC(C)n1cnc2c(NCCN3CCC(O)CC3)nc(-c3cccnc3)nc21. The molecule has 2 N–H and O–H groups in total. The van der Waals surface area contributed by atoms with Crippen LogP contribution in [-0.4, -0.2) is 66.8 Å². The molecule has 0 amide bonds. The van der Waals surface area contributed by atoms with E-state index in [2.05, 4.69) is 38.6 Å². The van der Waals surface area contributed by atoms with Crippen molar-refractivity contribution in [2.45, 2.75) is 38.8 Å². The number of aromatic nitrogens is 5. The number of anilines is 1. The van der Waals surface area contributed by atoms with Crippen LogP contribution in [0.3, 0.4) is 0 Å². The first-order chi connectivity index (χ1) is 13.6. The van der Waals surface area contributed by atoms with Crippen molar-refractivity contribution in [3.8, 4) is 11.4 Å². The number of rotatable bonds is 6. The zero-order valence-electron chi connectivity index (χ0n) is 16.4. The second-order valence-corrected chi connectivity index (χ2v) is 7.55. The third kappa shape index (κ3) is 3.98. The average Bonchev–Trinajstić information content (AvgIpc) is 3.14. The third-order valence-electron chi connectivity index (χ3n) is 5.18. The van der Waals surface area contributed by atoms with E-state index < -0.39 is 0 Å². The Bertz CT molecular complexity index is 917. The first-order valence-corrected chi connectivity index (χ1v) is 9.91. The van der Waals surface area contributed by atoms with E-state index >= 15 is 0 Å². The summed E-state index contributed by atoms with van der Waals surface area (Å²) in [7, 11) is 0. The Morgan fingerprint density at radius 3 is 2.79 bits per heavy atom.